The molecule has 2 aromatic rings. The summed E-state index contributed by atoms with van der Waals surface area (Å²) in [5.74, 6) is 0.000105. The van der Waals surface area contributed by atoms with E-state index in [2.05, 4.69) is 60.2 Å². The van der Waals surface area contributed by atoms with Crippen LogP contribution >= 0.6 is 11.8 Å². The number of nitrogens with one attached hydrogen (secondary N) is 1. The minimum atomic E-state index is 0.000105. The Kier molecular flexibility index (Phi) is 8.16. The summed E-state index contributed by atoms with van der Waals surface area (Å²) in [4.78, 5) is 18.9. The normalized spacial score (nSPS) is 15.6. The average molecular weight is 412 g/mol. The van der Waals surface area contributed by atoms with E-state index in [0.29, 0.717) is 11.8 Å². The summed E-state index contributed by atoms with van der Waals surface area (Å²) in [7, 11) is 0. The molecule has 2 aromatic carbocycles. The van der Waals surface area contributed by atoms with Crippen LogP contribution in [-0.2, 0) is 13.1 Å². The van der Waals surface area contributed by atoms with Crippen LogP contribution < -0.4 is 5.32 Å². The molecule has 1 N–H and O–H groups in total. The smallest absolute Gasteiger partial charge is 0.252 e. The van der Waals surface area contributed by atoms with Gasteiger partial charge in [-0.15, -0.1) is 11.8 Å². The minimum Gasteiger partial charge on any atom is -0.348 e. The molecule has 0 saturated carbocycles. The van der Waals surface area contributed by atoms with Crippen LogP contribution in [-0.4, -0.2) is 53.7 Å². The first kappa shape index (κ1) is 21.9. The Morgan fingerprint density at radius 3 is 2.28 bits per heavy atom. The quantitative estimate of drug-likeness (QED) is 0.659. The molecular weight excluding hydrogens is 378 g/mol. The maximum absolute atomic E-state index is 12.9. The Labute approximate surface area is 179 Å². The fourth-order valence-electron chi connectivity index (χ4n) is 3.67. The number of nitrogens with zero attached hydrogens (tertiary/aromatic N) is 2. The van der Waals surface area contributed by atoms with Gasteiger partial charge in [-0.05, 0) is 29.8 Å². The zero-order chi connectivity index (χ0) is 20.6. The van der Waals surface area contributed by atoms with Crippen molar-refractivity contribution >= 4 is 17.7 Å². The third kappa shape index (κ3) is 6.33. The molecule has 1 fully saturated rings. The lowest BCUT2D eigenvalue weighted by atomic mass is 10.1. The van der Waals surface area contributed by atoms with Crippen molar-refractivity contribution in [3.8, 4) is 0 Å². The second-order valence-electron chi connectivity index (χ2n) is 7.82. The molecule has 0 unspecified atom stereocenters. The lowest BCUT2D eigenvalue weighted by Gasteiger charge is -2.34. The molecule has 156 valence electrons. The lowest BCUT2D eigenvalue weighted by Crippen LogP contribution is -2.45. The van der Waals surface area contributed by atoms with E-state index < -0.39 is 0 Å². The van der Waals surface area contributed by atoms with Crippen LogP contribution in [0.25, 0.3) is 0 Å². The number of piperazine rings is 1. The number of amides is 1. The zero-order valence-electron chi connectivity index (χ0n) is 17.9. The van der Waals surface area contributed by atoms with Gasteiger partial charge in [-0.3, -0.25) is 9.69 Å². The van der Waals surface area contributed by atoms with Crippen molar-refractivity contribution in [2.24, 2.45) is 0 Å². The van der Waals surface area contributed by atoms with Crippen LogP contribution in [0.1, 0.15) is 42.3 Å². The monoisotopic (exact) mass is 411 g/mol. The Morgan fingerprint density at radius 1 is 0.966 bits per heavy atom. The second kappa shape index (κ2) is 10.8. The highest BCUT2D eigenvalue weighted by Gasteiger charge is 2.17. The van der Waals surface area contributed by atoms with Gasteiger partial charge in [0.15, 0.2) is 0 Å². The highest BCUT2D eigenvalue weighted by Crippen LogP contribution is 2.26. The van der Waals surface area contributed by atoms with Gasteiger partial charge >= 0.3 is 0 Å². The van der Waals surface area contributed by atoms with Crippen molar-refractivity contribution in [1.82, 2.24) is 15.1 Å². The Bertz CT molecular complexity index is 800. The van der Waals surface area contributed by atoms with Gasteiger partial charge in [-0.2, -0.15) is 0 Å². The molecule has 1 saturated heterocycles. The van der Waals surface area contributed by atoms with Crippen molar-refractivity contribution in [1.29, 1.82) is 0 Å². The van der Waals surface area contributed by atoms with E-state index in [4.69, 9.17) is 0 Å². The number of hydrogen-bond acceptors (Lipinski definition) is 4. The molecule has 0 aliphatic carbocycles. The first-order valence-electron chi connectivity index (χ1n) is 10.6. The first-order valence-corrected chi connectivity index (χ1v) is 11.5. The van der Waals surface area contributed by atoms with Crippen LogP contribution in [0.5, 0.6) is 0 Å². The molecule has 0 aromatic heterocycles. The Hall–Kier alpha value is -1.82. The molecule has 0 radical (unpaired) electrons. The van der Waals surface area contributed by atoms with Gasteiger partial charge in [-0.25, -0.2) is 0 Å². The first-order chi connectivity index (χ1) is 14.1. The molecule has 0 atom stereocenters. The van der Waals surface area contributed by atoms with Crippen LogP contribution in [0, 0.1) is 0 Å². The average Bonchev–Trinajstić information content (AvgIpc) is 2.73. The Morgan fingerprint density at radius 2 is 1.59 bits per heavy atom. The fourth-order valence-corrected chi connectivity index (χ4v) is 4.62. The number of rotatable bonds is 8. The molecule has 5 heteroatoms. The molecule has 3 rings (SSSR count). The molecule has 0 spiro atoms. The molecule has 0 bridgehead atoms. The fraction of sp³-hybridized carbons (Fsp3) is 0.458. The summed E-state index contributed by atoms with van der Waals surface area (Å²) in [6.07, 6.45) is 0. The number of likely N-dealkylation sites (N-methyl/N-ethyl adjacent to an activating group) is 1. The summed E-state index contributed by atoms with van der Waals surface area (Å²) in [6.45, 7) is 13.7. The minimum absolute atomic E-state index is 0.000105. The maximum Gasteiger partial charge on any atom is 0.252 e. The van der Waals surface area contributed by atoms with Crippen molar-refractivity contribution < 1.29 is 4.79 Å². The van der Waals surface area contributed by atoms with E-state index in [-0.39, 0.29) is 5.91 Å². The standard InChI is InChI=1S/C24H33N3OS/c1-4-26-13-15-27(16-14-26)18-21-10-6-5-9-20(21)17-25-24(28)22-11-7-8-12-23(22)29-19(2)3/h5-12,19H,4,13-18H2,1-3H3,(H,25,28). The third-order valence-corrected chi connectivity index (χ3v) is 6.44. The largest absolute Gasteiger partial charge is 0.348 e. The zero-order valence-corrected chi connectivity index (χ0v) is 18.7. The predicted octanol–water partition coefficient (Wildman–Crippen LogP) is 4.25. The van der Waals surface area contributed by atoms with Gasteiger partial charge in [0.1, 0.15) is 0 Å². The second-order valence-corrected chi connectivity index (χ2v) is 9.44. The van der Waals surface area contributed by atoms with Crippen molar-refractivity contribution in [2.75, 3.05) is 32.7 Å². The molecule has 1 heterocycles. The molecule has 1 aliphatic rings. The van der Waals surface area contributed by atoms with Crippen LogP contribution in [0.15, 0.2) is 53.4 Å². The van der Waals surface area contributed by atoms with Crippen molar-refractivity contribution in [3.05, 3.63) is 65.2 Å². The van der Waals surface area contributed by atoms with Gasteiger partial charge in [0.25, 0.3) is 5.91 Å². The number of carbonyl (C=O) groups is 1. The summed E-state index contributed by atoms with van der Waals surface area (Å²) < 4.78 is 0. The summed E-state index contributed by atoms with van der Waals surface area (Å²) >= 11 is 1.73. The summed E-state index contributed by atoms with van der Waals surface area (Å²) in [5.41, 5.74) is 3.27. The molecular formula is C24H33N3OS. The molecule has 4 nitrogen and oxygen atoms in total. The number of thioether (sulfide) groups is 1. The predicted molar refractivity (Wildman–Crippen MR) is 122 cm³/mol. The van der Waals surface area contributed by atoms with Crippen LogP contribution in [0.2, 0.25) is 0 Å². The van der Waals surface area contributed by atoms with Crippen molar-refractivity contribution in [2.45, 2.75) is 44.0 Å². The van der Waals surface area contributed by atoms with E-state index in [1.54, 1.807) is 11.8 Å². The van der Waals surface area contributed by atoms with Gasteiger partial charge in [0.2, 0.25) is 0 Å². The molecule has 29 heavy (non-hydrogen) atoms. The number of carbonyl (C=O) groups excluding carboxylic acids is 1. The van der Waals surface area contributed by atoms with Crippen molar-refractivity contribution in [3.63, 3.8) is 0 Å². The van der Waals surface area contributed by atoms with E-state index in [1.807, 2.05) is 24.3 Å². The molecule has 1 aliphatic heterocycles. The van der Waals surface area contributed by atoms with E-state index in [1.165, 1.54) is 11.1 Å². The van der Waals surface area contributed by atoms with Gasteiger partial charge < -0.3 is 10.2 Å². The third-order valence-electron chi connectivity index (χ3n) is 5.36. The summed E-state index contributed by atoms with van der Waals surface area (Å²) in [5, 5.41) is 3.59. The lowest BCUT2D eigenvalue weighted by molar-refractivity contribution is 0.0947. The van der Waals surface area contributed by atoms with E-state index in [9.17, 15) is 4.79 Å². The molecule has 1 amide bonds. The summed E-state index contributed by atoms with van der Waals surface area (Å²) in [6, 6.07) is 16.4. The van der Waals surface area contributed by atoms with Crippen LogP contribution in [0.3, 0.4) is 0 Å². The Balaban J connectivity index is 1.62. The number of benzene rings is 2. The van der Waals surface area contributed by atoms with E-state index >= 15 is 0 Å². The van der Waals surface area contributed by atoms with E-state index in [0.717, 1.165) is 49.7 Å². The van der Waals surface area contributed by atoms with Gasteiger partial charge in [0, 0.05) is 49.4 Å². The van der Waals surface area contributed by atoms with Crippen LogP contribution in [0.4, 0.5) is 0 Å². The SMILES string of the molecule is CCN1CCN(Cc2ccccc2CNC(=O)c2ccccc2SC(C)C)CC1. The highest BCUT2D eigenvalue weighted by atomic mass is 32.2. The topological polar surface area (TPSA) is 35.6 Å². The number of hydrogen-bond donors (Lipinski definition) is 1. The highest BCUT2D eigenvalue weighted by molar-refractivity contribution is 8.00. The van der Waals surface area contributed by atoms with Gasteiger partial charge in [0.05, 0.1) is 5.56 Å². The van der Waals surface area contributed by atoms with Gasteiger partial charge in [-0.1, -0.05) is 57.2 Å². The maximum atomic E-state index is 12.9.